The van der Waals surface area contributed by atoms with Gasteiger partial charge in [-0.2, -0.15) is 0 Å². The summed E-state index contributed by atoms with van der Waals surface area (Å²) in [6.07, 6.45) is 7.80. The first-order chi connectivity index (χ1) is 14.2. The van der Waals surface area contributed by atoms with Crippen LogP contribution >= 0.6 is 0 Å². The summed E-state index contributed by atoms with van der Waals surface area (Å²) >= 11 is 0. The van der Waals surface area contributed by atoms with E-state index in [-0.39, 0.29) is 18.1 Å². The van der Waals surface area contributed by atoms with E-state index in [2.05, 4.69) is 35.3 Å². The lowest BCUT2D eigenvalue weighted by molar-refractivity contribution is 0.0878. The van der Waals surface area contributed by atoms with E-state index < -0.39 is 0 Å². The Balaban J connectivity index is 1.35. The third kappa shape index (κ3) is 4.56. The third-order valence-electron chi connectivity index (χ3n) is 5.29. The van der Waals surface area contributed by atoms with Crippen LogP contribution in [0.1, 0.15) is 46.6 Å². The molecule has 5 heteroatoms. The molecule has 0 amide bonds. The number of ether oxygens (including phenoxy) is 2. The smallest absolute Gasteiger partial charge is 0.186 e. The molecule has 0 N–H and O–H groups in total. The number of carbonyl (C=O) groups is 1. The van der Waals surface area contributed by atoms with Gasteiger partial charge in [0.1, 0.15) is 12.2 Å². The molecule has 1 atom stereocenters. The van der Waals surface area contributed by atoms with Gasteiger partial charge in [-0.1, -0.05) is 47.5 Å². The minimum atomic E-state index is -0.0885. The fourth-order valence-electron chi connectivity index (χ4n) is 3.62. The lowest BCUT2D eigenvalue weighted by atomic mass is 9.99. The van der Waals surface area contributed by atoms with Gasteiger partial charge in [0, 0.05) is 19.6 Å². The molecule has 0 radical (unpaired) electrons. The standard InChI is InChI=1S/C24H23NO4/c1-2-21-23(29-25-24(21)22(26)10-8-17-11-12-27-14-17)16-28-15-18-7-9-19-5-3-4-6-20(19)13-18/h1,3-7,9,13,17H,8,10-12,14-16H2. The summed E-state index contributed by atoms with van der Waals surface area (Å²) in [6, 6.07) is 14.4. The van der Waals surface area contributed by atoms with E-state index in [1.165, 1.54) is 5.39 Å². The van der Waals surface area contributed by atoms with Crippen LogP contribution in [0.4, 0.5) is 0 Å². The largest absolute Gasteiger partial charge is 0.381 e. The molecule has 5 nitrogen and oxygen atoms in total. The molecule has 0 bridgehead atoms. The van der Waals surface area contributed by atoms with Crippen LogP contribution in [0.25, 0.3) is 10.8 Å². The van der Waals surface area contributed by atoms with Gasteiger partial charge in [-0.25, -0.2) is 0 Å². The number of ketones is 1. The number of Topliss-reactive ketones (excluding diaryl/α,β-unsaturated/α-hetero) is 1. The van der Waals surface area contributed by atoms with Crippen molar-refractivity contribution in [2.24, 2.45) is 5.92 Å². The number of terminal acetylenes is 1. The van der Waals surface area contributed by atoms with Gasteiger partial charge in [0.25, 0.3) is 0 Å². The molecule has 1 unspecified atom stereocenters. The van der Waals surface area contributed by atoms with Crippen molar-refractivity contribution in [2.45, 2.75) is 32.5 Å². The number of benzene rings is 2. The molecular weight excluding hydrogens is 366 g/mol. The molecule has 0 saturated carbocycles. The second-order valence-electron chi connectivity index (χ2n) is 7.34. The average molecular weight is 389 g/mol. The molecule has 3 aromatic rings. The van der Waals surface area contributed by atoms with Crippen LogP contribution in [0.3, 0.4) is 0 Å². The Kier molecular flexibility index (Phi) is 6.04. The Bertz CT molecular complexity index is 1040. The number of rotatable bonds is 8. The van der Waals surface area contributed by atoms with Crippen molar-refractivity contribution in [3.8, 4) is 12.3 Å². The highest BCUT2D eigenvalue weighted by molar-refractivity contribution is 5.96. The topological polar surface area (TPSA) is 61.6 Å². The Morgan fingerprint density at radius 2 is 2.07 bits per heavy atom. The molecule has 0 spiro atoms. The second-order valence-corrected chi connectivity index (χ2v) is 7.34. The molecule has 148 valence electrons. The molecule has 0 aliphatic carbocycles. The summed E-state index contributed by atoms with van der Waals surface area (Å²) in [5.41, 5.74) is 1.69. The fraction of sp³-hybridized carbons (Fsp3) is 0.333. The molecule has 29 heavy (non-hydrogen) atoms. The molecule has 1 fully saturated rings. The molecule has 1 aromatic heterocycles. The van der Waals surface area contributed by atoms with Gasteiger partial charge in [0.05, 0.1) is 6.61 Å². The maximum Gasteiger partial charge on any atom is 0.186 e. The quantitative estimate of drug-likeness (QED) is 0.419. The molecule has 1 saturated heterocycles. The zero-order chi connectivity index (χ0) is 20.1. The second kappa shape index (κ2) is 9.04. The lowest BCUT2D eigenvalue weighted by Gasteiger charge is -2.05. The Morgan fingerprint density at radius 1 is 1.21 bits per heavy atom. The summed E-state index contributed by atoms with van der Waals surface area (Å²) in [5, 5.41) is 6.27. The zero-order valence-electron chi connectivity index (χ0n) is 16.2. The summed E-state index contributed by atoms with van der Waals surface area (Å²) in [4.78, 5) is 12.5. The van der Waals surface area contributed by atoms with E-state index in [0.29, 0.717) is 30.3 Å². The molecule has 4 rings (SSSR count). The molecular formula is C24H23NO4. The van der Waals surface area contributed by atoms with E-state index in [0.717, 1.165) is 37.0 Å². The first-order valence-electron chi connectivity index (χ1n) is 9.86. The van der Waals surface area contributed by atoms with Crippen molar-refractivity contribution in [2.75, 3.05) is 13.2 Å². The Hall–Kier alpha value is -2.94. The summed E-state index contributed by atoms with van der Waals surface area (Å²) in [5.74, 6) is 3.31. The highest BCUT2D eigenvalue weighted by Crippen LogP contribution is 2.22. The number of carbonyl (C=O) groups excluding carboxylic acids is 1. The van der Waals surface area contributed by atoms with Gasteiger partial charge < -0.3 is 14.0 Å². The minimum Gasteiger partial charge on any atom is -0.381 e. The van der Waals surface area contributed by atoms with E-state index in [1.54, 1.807) is 0 Å². The molecule has 1 aliphatic heterocycles. The van der Waals surface area contributed by atoms with Crippen LogP contribution in [-0.4, -0.2) is 24.2 Å². The van der Waals surface area contributed by atoms with Crippen molar-refractivity contribution in [1.82, 2.24) is 5.16 Å². The number of hydrogen-bond donors (Lipinski definition) is 0. The van der Waals surface area contributed by atoms with Crippen LogP contribution in [0.15, 0.2) is 47.0 Å². The normalized spacial score (nSPS) is 16.2. The van der Waals surface area contributed by atoms with E-state index >= 15 is 0 Å². The van der Waals surface area contributed by atoms with Crippen molar-refractivity contribution < 1.29 is 18.8 Å². The monoisotopic (exact) mass is 389 g/mol. The summed E-state index contributed by atoms with van der Waals surface area (Å²) < 4.78 is 16.5. The van der Waals surface area contributed by atoms with Gasteiger partial charge in [-0.05, 0) is 41.2 Å². The number of hydrogen-bond acceptors (Lipinski definition) is 5. The minimum absolute atomic E-state index is 0.0885. The first-order valence-corrected chi connectivity index (χ1v) is 9.86. The van der Waals surface area contributed by atoms with Gasteiger partial charge in [-0.3, -0.25) is 4.79 Å². The van der Waals surface area contributed by atoms with Crippen molar-refractivity contribution in [3.63, 3.8) is 0 Å². The maximum absolute atomic E-state index is 12.5. The van der Waals surface area contributed by atoms with Crippen LogP contribution in [0.2, 0.25) is 0 Å². The predicted octanol–water partition coefficient (Wildman–Crippen LogP) is 4.53. The van der Waals surface area contributed by atoms with Crippen LogP contribution < -0.4 is 0 Å². The SMILES string of the molecule is C#Cc1c(C(=O)CCC2CCOC2)noc1COCc1ccc2ccccc2c1. The Labute approximate surface area is 170 Å². The summed E-state index contributed by atoms with van der Waals surface area (Å²) in [6.45, 7) is 2.09. The van der Waals surface area contributed by atoms with Crippen LogP contribution in [0.5, 0.6) is 0 Å². The maximum atomic E-state index is 12.5. The fourth-order valence-corrected chi connectivity index (χ4v) is 3.62. The highest BCUT2D eigenvalue weighted by Gasteiger charge is 2.23. The van der Waals surface area contributed by atoms with E-state index in [9.17, 15) is 4.79 Å². The van der Waals surface area contributed by atoms with Crippen LogP contribution in [0, 0.1) is 18.3 Å². The predicted molar refractivity (Wildman–Crippen MR) is 109 cm³/mol. The van der Waals surface area contributed by atoms with E-state index in [4.69, 9.17) is 20.4 Å². The average Bonchev–Trinajstić information content (AvgIpc) is 3.41. The molecule has 2 heterocycles. The molecule has 2 aromatic carbocycles. The summed E-state index contributed by atoms with van der Waals surface area (Å²) in [7, 11) is 0. The Morgan fingerprint density at radius 3 is 2.86 bits per heavy atom. The van der Waals surface area contributed by atoms with Crippen molar-refractivity contribution in [3.05, 3.63) is 65.0 Å². The number of fused-ring (bicyclic) bond motifs is 1. The number of aromatic nitrogens is 1. The number of nitrogens with zero attached hydrogens (tertiary/aromatic N) is 1. The third-order valence-corrected chi connectivity index (χ3v) is 5.29. The highest BCUT2D eigenvalue weighted by atomic mass is 16.5. The van der Waals surface area contributed by atoms with E-state index in [1.807, 2.05) is 18.2 Å². The van der Waals surface area contributed by atoms with Crippen molar-refractivity contribution in [1.29, 1.82) is 0 Å². The van der Waals surface area contributed by atoms with Gasteiger partial charge in [0.2, 0.25) is 0 Å². The zero-order valence-corrected chi connectivity index (χ0v) is 16.2. The van der Waals surface area contributed by atoms with Gasteiger partial charge in [0.15, 0.2) is 17.2 Å². The first kappa shape index (κ1) is 19.4. The van der Waals surface area contributed by atoms with Crippen molar-refractivity contribution >= 4 is 16.6 Å². The van der Waals surface area contributed by atoms with Gasteiger partial charge in [-0.15, -0.1) is 6.42 Å². The van der Waals surface area contributed by atoms with Gasteiger partial charge >= 0.3 is 0 Å². The van der Waals surface area contributed by atoms with Crippen LogP contribution in [-0.2, 0) is 22.7 Å². The lowest BCUT2D eigenvalue weighted by Crippen LogP contribution is -2.07. The molecule has 1 aliphatic rings.